The standard InChI is InChI=1S/C18H39N5O.HI/c1-16(2)23(17(3)4)11-9-21-18(19-5)20-8-6-7-10-22-12-14-24-15-13-22;/h16-17H,6-15H2,1-5H3,(H2,19,20,21);1H. The second-order valence-corrected chi connectivity index (χ2v) is 7.01. The number of hydrogen-bond donors (Lipinski definition) is 2. The fourth-order valence-corrected chi connectivity index (χ4v) is 3.13. The third-order valence-electron chi connectivity index (χ3n) is 4.51. The Kier molecular flexibility index (Phi) is 14.9. The highest BCUT2D eigenvalue weighted by Gasteiger charge is 2.12. The molecule has 0 unspecified atom stereocenters. The normalized spacial score (nSPS) is 16.4. The summed E-state index contributed by atoms with van der Waals surface area (Å²) < 4.78 is 5.38. The molecule has 1 rings (SSSR count). The van der Waals surface area contributed by atoms with E-state index in [1.807, 2.05) is 7.05 Å². The van der Waals surface area contributed by atoms with Gasteiger partial charge in [-0.25, -0.2) is 0 Å². The molecule has 0 radical (unpaired) electrons. The van der Waals surface area contributed by atoms with Gasteiger partial charge >= 0.3 is 0 Å². The summed E-state index contributed by atoms with van der Waals surface area (Å²) in [5.74, 6) is 0.911. The molecule has 0 aromatic carbocycles. The average Bonchev–Trinajstić information content (AvgIpc) is 2.56. The van der Waals surface area contributed by atoms with E-state index in [1.54, 1.807) is 0 Å². The first kappa shape index (κ1) is 24.9. The second kappa shape index (κ2) is 15.0. The number of hydrogen-bond acceptors (Lipinski definition) is 4. The fraction of sp³-hybridized carbons (Fsp3) is 0.944. The Labute approximate surface area is 172 Å². The van der Waals surface area contributed by atoms with Gasteiger partial charge in [-0.05, 0) is 47.1 Å². The van der Waals surface area contributed by atoms with Crippen LogP contribution in [0.5, 0.6) is 0 Å². The Morgan fingerprint density at radius 2 is 1.64 bits per heavy atom. The van der Waals surface area contributed by atoms with Gasteiger partial charge in [0.05, 0.1) is 13.2 Å². The minimum atomic E-state index is 0. The zero-order chi connectivity index (χ0) is 17.8. The average molecular weight is 469 g/mol. The van der Waals surface area contributed by atoms with Crippen molar-refractivity contribution in [2.75, 3.05) is 59.5 Å². The minimum Gasteiger partial charge on any atom is -0.379 e. The molecule has 0 saturated carbocycles. The van der Waals surface area contributed by atoms with Gasteiger partial charge in [0.15, 0.2) is 5.96 Å². The first-order valence-electron chi connectivity index (χ1n) is 9.55. The van der Waals surface area contributed by atoms with Gasteiger partial charge in [0.2, 0.25) is 0 Å². The number of nitrogens with one attached hydrogen (secondary N) is 2. The van der Waals surface area contributed by atoms with Gasteiger partial charge in [0.1, 0.15) is 0 Å². The molecule has 1 aliphatic rings. The molecule has 6 nitrogen and oxygen atoms in total. The molecule has 0 atom stereocenters. The van der Waals surface area contributed by atoms with Crippen molar-refractivity contribution in [1.29, 1.82) is 0 Å². The zero-order valence-electron chi connectivity index (χ0n) is 16.9. The lowest BCUT2D eigenvalue weighted by atomic mass is 10.2. The van der Waals surface area contributed by atoms with Crippen molar-refractivity contribution in [2.45, 2.75) is 52.6 Å². The first-order valence-corrected chi connectivity index (χ1v) is 9.55. The lowest BCUT2D eigenvalue weighted by molar-refractivity contribution is 0.0372. The van der Waals surface area contributed by atoms with Crippen LogP contribution in [0.3, 0.4) is 0 Å². The summed E-state index contributed by atoms with van der Waals surface area (Å²) in [5, 5.41) is 6.84. The largest absolute Gasteiger partial charge is 0.379 e. The fourth-order valence-electron chi connectivity index (χ4n) is 3.13. The Hall–Kier alpha value is -0.120. The highest BCUT2D eigenvalue weighted by Crippen LogP contribution is 2.03. The number of unbranched alkanes of at least 4 members (excludes halogenated alkanes) is 1. The van der Waals surface area contributed by atoms with Gasteiger partial charge in [0.25, 0.3) is 0 Å². The van der Waals surface area contributed by atoms with Crippen LogP contribution >= 0.6 is 24.0 Å². The van der Waals surface area contributed by atoms with E-state index >= 15 is 0 Å². The van der Waals surface area contributed by atoms with E-state index in [0.717, 1.165) is 51.9 Å². The molecule has 7 heteroatoms. The molecule has 150 valence electrons. The summed E-state index contributed by atoms with van der Waals surface area (Å²) in [6.07, 6.45) is 2.39. The van der Waals surface area contributed by atoms with Crippen molar-refractivity contribution in [3.8, 4) is 0 Å². The monoisotopic (exact) mass is 469 g/mol. The molecule has 2 N–H and O–H groups in total. The van der Waals surface area contributed by atoms with Crippen molar-refractivity contribution in [1.82, 2.24) is 20.4 Å². The molecule has 1 fully saturated rings. The van der Waals surface area contributed by atoms with Crippen molar-refractivity contribution in [3.05, 3.63) is 0 Å². The molecule has 0 aromatic rings. The lowest BCUT2D eigenvalue weighted by Gasteiger charge is -2.30. The summed E-state index contributed by atoms with van der Waals surface area (Å²) >= 11 is 0. The third kappa shape index (κ3) is 11.2. The van der Waals surface area contributed by atoms with Crippen LogP contribution in [0.2, 0.25) is 0 Å². The molecule has 0 bridgehead atoms. The summed E-state index contributed by atoms with van der Waals surface area (Å²) in [6, 6.07) is 1.14. The Bertz CT molecular complexity index is 338. The minimum absolute atomic E-state index is 0. The predicted octanol–water partition coefficient (Wildman–Crippen LogP) is 2.00. The molecule has 0 aromatic heterocycles. The molecule has 1 saturated heterocycles. The van der Waals surface area contributed by atoms with E-state index in [0.29, 0.717) is 12.1 Å². The van der Waals surface area contributed by atoms with Gasteiger partial charge in [-0.1, -0.05) is 0 Å². The zero-order valence-corrected chi connectivity index (χ0v) is 19.2. The van der Waals surface area contributed by atoms with Crippen LogP contribution in [0.25, 0.3) is 0 Å². The summed E-state index contributed by atoms with van der Waals surface area (Å²) in [6.45, 7) is 17.1. The van der Waals surface area contributed by atoms with Crippen molar-refractivity contribution in [3.63, 3.8) is 0 Å². The SMILES string of the molecule is CN=C(NCCCCN1CCOCC1)NCCN(C(C)C)C(C)C.I. The summed E-state index contributed by atoms with van der Waals surface area (Å²) in [7, 11) is 1.84. The van der Waals surface area contributed by atoms with Crippen LogP contribution in [0.15, 0.2) is 4.99 Å². The highest BCUT2D eigenvalue weighted by molar-refractivity contribution is 14.0. The number of halogens is 1. The number of nitrogens with zero attached hydrogens (tertiary/aromatic N) is 3. The van der Waals surface area contributed by atoms with Gasteiger partial charge in [-0.3, -0.25) is 14.8 Å². The Balaban J connectivity index is 0.00000576. The van der Waals surface area contributed by atoms with E-state index in [9.17, 15) is 0 Å². The predicted molar refractivity (Wildman–Crippen MR) is 118 cm³/mol. The van der Waals surface area contributed by atoms with Crippen molar-refractivity contribution >= 4 is 29.9 Å². The number of rotatable bonds is 10. The molecular formula is C18H40IN5O. The smallest absolute Gasteiger partial charge is 0.191 e. The number of morpholine rings is 1. The van der Waals surface area contributed by atoms with Crippen LogP contribution in [-0.2, 0) is 4.74 Å². The lowest BCUT2D eigenvalue weighted by Crippen LogP contribution is -2.45. The molecular weight excluding hydrogens is 429 g/mol. The molecule has 0 aliphatic carbocycles. The number of guanidine groups is 1. The molecule has 1 heterocycles. The first-order chi connectivity index (χ1) is 11.5. The van der Waals surface area contributed by atoms with Crippen LogP contribution in [0.4, 0.5) is 0 Å². The Morgan fingerprint density at radius 1 is 1.04 bits per heavy atom. The number of ether oxygens (including phenoxy) is 1. The molecule has 0 spiro atoms. The van der Waals surface area contributed by atoms with Gasteiger partial charge in [-0.2, -0.15) is 0 Å². The third-order valence-corrected chi connectivity index (χ3v) is 4.51. The van der Waals surface area contributed by atoms with Crippen LogP contribution < -0.4 is 10.6 Å². The second-order valence-electron chi connectivity index (χ2n) is 7.01. The molecule has 0 amide bonds. The maximum absolute atomic E-state index is 5.38. The van der Waals surface area contributed by atoms with E-state index < -0.39 is 0 Å². The maximum atomic E-state index is 5.38. The summed E-state index contributed by atoms with van der Waals surface area (Å²) in [4.78, 5) is 9.29. The van der Waals surface area contributed by atoms with Crippen LogP contribution in [0, 0.1) is 0 Å². The molecule has 25 heavy (non-hydrogen) atoms. The summed E-state index contributed by atoms with van der Waals surface area (Å²) in [5.41, 5.74) is 0. The van der Waals surface area contributed by atoms with Crippen molar-refractivity contribution < 1.29 is 4.74 Å². The molecule has 1 aliphatic heterocycles. The van der Waals surface area contributed by atoms with Gasteiger partial charge in [0, 0.05) is 51.9 Å². The topological polar surface area (TPSA) is 52.1 Å². The van der Waals surface area contributed by atoms with E-state index in [2.05, 4.69) is 53.1 Å². The number of aliphatic imine (C=N–C) groups is 1. The maximum Gasteiger partial charge on any atom is 0.191 e. The van der Waals surface area contributed by atoms with Crippen molar-refractivity contribution in [2.24, 2.45) is 4.99 Å². The van der Waals surface area contributed by atoms with E-state index in [4.69, 9.17) is 4.74 Å². The van der Waals surface area contributed by atoms with E-state index in [-0.39, 0.29) is 24.0 Å². The van der Waals surface area contributed by atoms with Crippen LogP contribution in [-0.4, -0.2) is 87.4 Å². The Morgan fingerprint density at radius 3 is 2.20 bits per heavy atom. The van der Waals surface area contributed by atoms with Crippen LogP contribution in [0.1, 0.15) is 40.5 Å². The van der Waals surface area contributed by atoms with E-state index in [1.165, 1.54) is 19.4 Å². The van der Waals surface area contributed by atoms with Gasteiger partial charge < -0.3 is 15.4 Å². The quantitative estimate of drug-likeness (QED) is 0.222. The van der Waals surface area contributed by atoms with Gasteiger partial charge in [-0.15, -0.1) is 24.0 Å². The highest BCUT2D eigenvalue weighted by atomic mass is 127.